The minimum atomic E-state index is -0.733. The molecule has 5 heteroatoms. The number of halogens is 1. The summed E-state index contributed by atoms with van der Waals surface area (Å²) in [6.45, 7) is 4.82. The van der Waals surface area contributed by atoms with Crippen LogP contribution >= 0.6 is 0 Å². The van der Waals surface area contributed by atoms with Crippen LogP contribution in [0.5, 0.6) is 5.75 Å². The summed E-state index contributed by atoms with van der Waals surface area (Å²) in [5.41, 5.74) is 5.24. The van der Waals surface area contributed by atoms with Crippen molar-refractivity contribution in [1.82, 2.24) is 5.32 Å². The number of amides is 1. The number of hydrogen-bond acceptors (Lipinski definition) is 3. The van der Waals surface area contributed by atoms with E-state index in [2.05, 4.69) is 5.32 Å². The lowest BCUT2D eigenvalue weighted by Crippen LogP contribution is -2.42. The lowest BCUT2D eigenvalue weighted by Gasteiger charge is -2.30. The maximum atomic E-state index is 13.5. The largest absolute Gasteiger partial charge is 0.507 e. The zero-order valence-corrected chi connectivity index (χ0v) is 11.4. The molecule has 0 fully saturated rings. The van der Waals surface area contributed by atoms with Crippen molar-refractivity contribution >= 4 is 5.91 Å². The molecule has 0 heterocycles. The van der Waals surface area contributed by atoms with Gasteiger partial charge < -0.3 is 16.2 Å². The first-order valence-electron chi connectivity index (χ1n) is 6.45. The van der Waals surface area contributed by atoms with Crippen LogP contribution in [0.1, 0.15) is 37.0 Å². The molecule has 0 unspecified atom stereocenters. The zero-order valence-electron chi connectivity index (χ0n) is 11.4. The van der Waals surface area contributed by atoms with Gasteiger partial charge in [-0.3, -0.25) is 4.79 Å². The fourth-order valence-electron chi connectivity index (χ4n) is 1.95. The van der Waals surface area contributed by atoms with Gasteiger partial charge in [0.05, 0.1) is 0 Å². The third-order valence-corrected chi connectivity index (χ3v) is 3.78. The van der Waals surface area contributed by atoms with Crippen LogP contribution in [0, 0.1) is 11.2 Å². The van der Waals surface area contributed by atoms with Crippen LogP contribution in [0.15, 0.2) is 18.2 Å². The van der Waals surface area contributed by atoms with Gasteiger partial charge in [0.25, 0.3) is 5.91 Å². The molecule has 0 bridgehead atoms. The van der Waals surface area contributed by atoms with Crippen molar-refractivity contribution in [3.8, 4) is 5.75 Å². The Morgan fingerprint density at radius 3 is 2.53 bits per heavy atom. The van der Waals surface area contributed by atoms with E-state index in [9.17, 15) is 14.3 Å². The van der Waals surface area contributed by atoms with Crippen LogP contribution in [0.3, 0.4) is 0 Å². The molecule has 0 radical (unpaired) electrons. The predicted molar refractivity (Wildman–Crippen MR) is 72.5 cm³/mol. The summed E-state index contributed by atoms with van der Waals surface area (Å²) < 4.78 is 13.5. The van der Waals surface area contributed by atoms with Gasteiger partial charge in [0.2, 0.25) is 0 Å². The van der Waals surface area contributed by atoms with Gasteiger partial charge in [0.1, 0.15) is 17.1 Å². The van der Waals surface area contributed by atoms with Gasteiger partial charge in [-0.1, -0.05) is 19.9 Å². The monoisotopic (exact) mass is 268 g/mol. The van der Waals surface area contributed by atoms with Crippen molar-refractivity contribution < 1.29 is 14.3 Å². The van der Waals surface area contributed by atoms with E-state index in [-0.39, 0.29) is 16.7 Å². The van der Waals surface area contributed by atoms with E-state index in [1.165, 1.54) is 12.1 Å². The quantitative estimate of drug-likeness (QED) is 0.739. The number of phenols is 1. The first-order chi connectivity index (χ1) is 8.99. The zero-order chi connectivity index (χ0) is 14.5. The van der Waals surface area contributed by atoms with E-state index in [4.69, 9.17) is 5.73 Å². The highest BCUT2D eigenvalue weighted by molar-refractivity contribution is 5.97. The number of rotatable bonds is 6. The van der Waals surface area contributed by atoms with Crippen LogP contribution in [-0.4, -0.2) is 24.1 Å². The molecule has 106 valence electrons. The van der Waals surface area contributed by atoms with Gasteiger partial charge in [0.15, 0.2) is 0 Å². The summed E-state index contributed by atoms with van der Waals surface area (Å²) in [4.78, 5) is 11.9. The van der Waals surface area contributed by atoms with Crippen molar-refractivity contribution in [2.45, 2.75) is 26.7 Å². The molecule has 0 atom stereocenters. The van der Waals surface area contributed by atoms with Crippen LogP contribution < -0.4 is 11.1 Å². The fraction of sp³-hybridized carbons (Fsp3) is 0.500. The van der Waals surface area contributed by atoms with Crippen molar-refractivity contribution in [3.63, 3.8) is 0 Å². The number of aromatic hydroxyl groups is 1. The van der Waals surface area contributed by atoms with Gasteiger partial charge in [-0.25, -0.2) is 4.39 Å². The van der Waals surface area contributed by atoms with Crippen LogP contribution in [0.4, 0.5) is 4.39 Å². The third-order valence-electron chi connectivity index (χ3n) is 3.78. The van der Waals surface area contributed by atoms with E-state index < -0.39 is 11.7 Å². The second-order valence-electron chi connectivity index (χ2n) is 4.73. The highest BCUT2D eigenvalue weighted by Crippen LogP contribution is 2.24. The molecule has 0 aliphatic rings. The molecule has 1 aromatic rings. The van der Waals surface area contributed by atoms with Crippen molar-refractivity contribution in [1.29, 1.82) is 0 Å². The van der Waals surface area contributed by atoms with Gasteiger partial charge in [0, 0.05) is 6.54 Å². The molecular weight excluding hydrogens is 247 g/mol. The maximum Gasteiger partial charge on any atom is 0.258 e. The lowest BCUT2D eigenvalue weighted by atomic mass is 9.82. The summed E-state index contributed by atoms with van der Waals surface area (Å²) in [5, 5.41) is 12.2. The summed E-state index contributed by atoms with van der Waals surface area (Å²) in [6.07, 6.45) is 1.65. The molecule has 1 aromatic carbocycles. The van der Waals surface area contributed by atoms with E-state index >= 15 is 0 Å². The van der Waals surface area contributed by atoms with Crippen LogP contribution in [0.2, 0.25) is 0 Å². The number of nitrogens with two attached hydrogens (primary N) is 1. The second-order valence-corrected chi connectivity index (χ2v) is 4.73. The Morgan fingerprint density at radius 1 is 1.42 bits per heavy atom. The topological polar surface area (TPSA) is 75.3 Å². The lowest BCUT2D eigenvalue weighted by molar-refractivity contribution is 0.0921. The molecule has 0 saturated carbocycles. The van der Waals surface area contributed by atoms with Gasteiger partial charge >= 0.3 is 0 Å². The third kappa shape index (κ3) is 3.44. The fourth-order valence-corrected chi connectivity index (χ4v) is 1.95. The Hall–Kier alpha value is -1.62. The number of phenolic OH excluding ortho intramolecular Hbond substituents is 1. The summed E-state index contributed by atoms with van der Waals surface area (Å²) in [5.74, 6) is -1.71. The Balaban J connectivity index is 2.81. The van der Waals surface area contributed by atoms with E-state index in [0.29, 0.717) is 13.1 Å². The van der Waals surface area contributed by atoms with E-state index in [1.54, 1.807) is 0 Å². The number of hydrogen-bond donors (Lipinski definition) is 3. The smallest absolute Gasteiger partial charge is 0.258 e. The molecule has 1 rings (SSSR count). The van der Waals surface area contributed by atoms with Crippen molar-refractivity contribution in [2.24, 2.45) is 11.1 Å². The maximum absolute atomic E-state index is 13.5. The highest BCUT2D eigenvalue weighted by Gasteiger charge is 2.26. The first kappa shape index (κ1) is 15.4. The minimum Gasteiger partial charge on any atom is -0.507 e. The molecule has 0 aliphatic heterocycles. The number of benzene rings is 1. The predicted octanol–water partition coefficient (Wildman–Crippen LogP) is 2.03. The molecule has 4 N–H and O–H groups in total. The molecule has 4 nitrogen and oxygen atoms in total. The molecule has 19 heavy (non-hydrogen) atoms. The molecule has 0 spiro atoms. The van der Waals surface area contributed by atoms with Gasteiger partial charge in [-0.2, -0.15) is 0 Å². The first-order valence-corrected chi connectivity index (χ1v) is 6.45. The average molecular weight is 268 g/mol. The van der Waals surface area contributed by atoms with Crippen molar-refractivity contribution in [2.75, 3.05) is 13.1 Å². The van der Waals surface area contributed by atoms with Gasteiger partial charge in [-0.15, -0.1) is 0 Å². The Morgan fingerprint density at radius 2 is 2.05 bits per heavy atom. The summed E-state index contributed by atoms with van der Waals surface area (Å²) >= 11 is 0. The van der Waals surface area contributed by atoms with Crippen molar-refractivity contribution in [3.05, 3.63) is 29.6 Å². The molecule has 0 aliphatic carbocycles. The Bertz CT molecular complexity index is 417. The normalized spacial score (nSPS) is 11.4. The van der Waals surface area contributed by atoms with E-state index in [0.717, 1.165) is 18.9 Å². The SMILES string of the molecule is CCC(CC)(CN)CNC(=O)c1c(O)cccc1F. The Kier molecular flexibility index (Phi) is 5.30. The standard InChI is InChI=1S/C14H21FN2O2/c1-3-14(4-2,8-16)9-17-13(19)12-10(15)6-5-7-11(12)18/h5-7,18H,3-4,8-9,16H2,1-2H3,(H,17,19). The number of carbonyl (C=O) groups is 1. The molecule has 0 aromatic heterocycles. The van der Waals surface area contributed by atoms with Crippen LogP contribution in [0.25, 0.3) is 0 Å². The second kappa shape index (κ2) is 6.52. The number of carbonyl (C=O) groups excluding carboxylic acids is 1. The molecular formula is C14H21FN2O2. The van der Waals surface area contributed by atoms with E-state index in [1.807, 2.05) is 13.8 Å². The molecule has 1 amide bonds. The van der Waals surface area contributed by atoms with Gasteiger partial charge in [-0.05, 0) is 36.9 Å². The minimum absolute atomic E-state index is 0.184. The highest BCUT2D eigenvalue weighted by atomic mass is 19.1. The summed E-state index contributed by atoms with van der Waals surface area (Å²) in [6, 6.07) is 3.78. The Labute approximate surface area is 112 Å². The number of nitrogens with one attached hydrogen (secondary N) is 1. The average Bonchev–Trinajstić information content (AvgIpc) is 2.41. The molecule has 0 saturated heterocycles. The van der Waals surface area contributed by atoms with Crippen LogP contribution in [-0.2, 0) is 0 Å². The summed E-state index contributed by atoms with van der Waals surface area (Å²) in [7, 11) is 0.